The van der Waals surface area contributed by atoms with Crippen molar-refractivity contribution in [1.82, 2.24) is 0 Å². The van der Waals surface area contributed by atoms with Crippen LogP contribution in [0.15, 0.2) is 42.5 Å². The number of fused-ring (bicyclic) bond motifs is 1. The molecule has 2 N–H and O–H groups in total. The van der Waals surface area contributed by atoms with Gasteiger partial charge < -0.3 is 15.2 Å². The van der Waals surface area contributed by atoms with Crippen molar-refractivity contribution in [2.24, 2.45) is 5.73 Å². The maximum absolute atomic E-state index is 6.32. The summed E-state index contributed by atoms with van der Waals surface area (Å²) in [5.41, 5.74) is 9.50. The molecule has 0 fully saturated rings. The van der Waals surface area contributed by atoms with E-state index in [0.29, 0.717) is 6.54 Å². The largest absolute Gasteiger partial charge is 0.493 e. The minimum Gasteiger partial charge on any atom is -0.493 e. The molecular weight excluding hydrogens is 262 g/mol. The number of aryl methyl sites for hydroxylation is 1. The Morgan fingerprint density at radius 1 is 1.14 bits per heavy atom. The third-order valence-corrected chi connectivity index (χ3v) is 4.07. The van der Waals surface area contributed by atoms with E-state index in [9.17, 15) is 0 Å². The van der Waals surface area contributed by atoms with E-state index in [1.165, 1.54) is 11.1 Å². The average Bonchev–Trinajstić information content (AvgIpc) is 2.55. The lowest BCUT2D eigenvalue weighted by Crippen LogP contribution is -2.16. The van der Waals surface area contributed by atoms with E-state index in [1.807, 2.05) is 18.2 Å². The van der Waals surface area contributed by atoms with Crippen molar-refractivity contribution in [1.29, 1.82) is 0 Å². The van der Waals surface area contributed by atoms with E-state index >= 15 is 0 Å². The normalized spacial score (nSPS) is 17.1. The molecule has 0 aliphatic heterocycles. The summed E-state index contributed by atoms with van der Waals surface area (Å²) < 4.78 is 11.8. The van der Waals surface area contributed by atoms with Crippen LogP contribution in [-0.2, 0) is 13.0 Å². The Labute approximate surface area is 125 Å². The molecule has 0 radical (unpaired) electrons. The van der Waals surface area contributed by atoms with Crippen molar-refractivity contribution in [3.05, 3.63) is 59.2 Å². The van der Waals surface area contributed by atoms with Gasteiger partial charge >= 0.3 is 0 Å². The molecule has 1 aliphatic rings. The lowest BCUT2D eigenvalue weighted by Gasteiger charge is -2.27. The molecule has 0 aromatic heterocycles. The van der Waals surface area contributed by atoms with Crippen LogP contribution in [0.3, 0.4) is 0 Å². The second-order valence-electron chi connectivity index (χ2n) is 5.35. The number of benzene rings is 2. The number of nitrogens with two attached hydrogens (primary N) is 1. The van der Waals surface area contributed by atoms with Crippen LogP contribution in [0.25, 0.3) is 0 Å². The number of para-hydroxylation sites is 1. The molecule has 0 amide bonds. The summed E-state index contributed by atoms with van der Waals surface area (Å²) in [5.74, 6) is 1.53. The van der Waals surface area contributed by atoms with Gasteiger partial charge in [0.25, 0.3) is 0 Å². The molecule has 110 valence electrons. The Balaban J connectivity index is 1.95. The average molecular weight is 283 g/mol. The molecular formula is C18H21NO2. The first-order valence-electron chi connectivity index (χ1n) is 7.44. The van der Waals surface area contributed by atoms with E-state index in [1.54, 1.807) is 7.11 Å². The maximum Gasteiger partial charge on any atom is 0.166 e. The van der Waals surface area contributed by atoms with Crippen molar-refractivity contribution in [3.63, 3.8) is 0 Å². The zero-order valence-corrected chi connectivity index (χ0v) is 12.3. The zero-order chi connectivity index (χ0) is 14.7. The predicted molar refractivity (Wildman–Crippen MR) is 83.6 cm³/mol. The monoisotopic (exact) mass is 283 g/mol. The summed E-state index contributed by atoms with van der Waals surface area (Å²) in [6.45, 7) is 0.445. The van der Waals surface area contributed by atoms with Crippen molar-refractivity contribution >= 4 is 0 Å². The molecule has 0 saturated heterocycles. The third kappa shape index (κ3) is 2.74. The van der Waals surface area contributed by atoms with Gasteiger partial charge in [0.2, 0.25) is 0 Å². The summed E-state index contributed by atoms with van der Waals surface area (Å²) in [7, 11) is 1.66. The van der Waals surface area contributed by atoms with Crippen LogP contribution in [0, 0.1) is 0 Å². The Hall–Kier alpha value is -2.00. The van der Waals surface area contributed by atoms with Gasteiger partial charge in [-0.05, 0) is 36.5 Å². The second kappa shape index (κ2) is 6.19. The van der Waals surface area contributed by atoms with Crippen LogP contribution in [0.1, 0.15) is 35.6 Å². The maximum atomic E-state index is 6.32. The summed E-state index contributed by atoms with van der Waals surface area (Å²) in [4.78, 5) is 0. The van der Waals surface area contributed by atoms with E-state index in [4.69, 9.17) is 15.2 Å². The van der Waals surface area contributed by atoms with Gasteiger partial charge in [-0.25, -0.2) is 0 Å². The fourth-order valence-electron chi connectivity index (χ4n) is 2.99. The van der Waals surface area contributed by atoms with Crippen LogP contribution in [0.5, 0.6) is 11.5 Å². The highest BCUT2D eigenvalue weighted by molar-refractivity contribution is 5.47. The van der Waals surface area contributed by atoms with Crippen LogP contribution in [0.4, 0.5) is 0 Å². The molecule has 1 unspecified atom stereocenters. The van der Waals surface area contributed by atoms with Crippen LogP contribution in [-0.4, -0.2) is 7.11 Å². The summed E-state index contributed by atoms with van der Waals surface area (Å²) in [6, 6.07) is 14.4. The van der Waals surface area contributed by atoms with Crippen molar-refractivity contribution in [2.75, 3.05) is 7.11 Å². The van der Waals surface area contributed by atoms with E-state index in [2.05, 4.69) is 24.3 Å². The Kier molecular flexibility index (Phi) is 4.11. The quantitative estimate of drug-likeness (QED) is 0.932. The number of hydrogen-bond donors (Lipinski definition) is 1. The molecule has 21 heavy (non-hydrogen) atoms. The second-order valence-corrected chi connectivity index (χ2v) is 5.35. The van der Waals surface area contributed by atoms with Crippen molar-refractivity contribution < 1.29 is 9.47 Å². The number of rotatable bonds is 4. The molecule has 0 spiro atoms. The fraction of sp³-hybridized carbons (Fsp3) is 0.333. The molecule has 0 heterocycles. The molecule has 3 heteroatoms. The Morgan fingerprint density at radius 3 is 2.81 bits per heavy atom. The minimum atomic E-state index is 0.0801. The molecule has 3 rings (SSSR count). The Morgan fingerprint density at radius 2 is 2.00 bits per heavy atom. The zero-order valence-electron chi connectivity index (χ0n) is 12.3. The first kappa shape index (κ1) is 14.0. The molecule has 0 bridgehead atoms. The molecule has 2 aromatic carbocycles. The topological polar surface area (TPSA) is 44.5 Å². The summed E-state index contributed by atoms with van der Waals surface area (Å²) >= 11 is 0. The van der Waals surface area contributed by atoms with Gasteiger partial charge in [-0.3, -0.25) is 0 Å². The highest BCUT2D eigenvalue weighted by atomic mass is 16.5. The molecule has 1 aliphatic carbocycles. The molecule has 1 atom stereocenters. The van der Waals surface area contributed by atoms with Gasteiger partial charge in [0.05, 0.1) is 7.11 Å². The standard InChI is InChI=1S/C18H21NO2/c1-20-17-11-5-8-14(12-19)18(17)21-16-10-4-7-13-6-2-3-9-15(13)16/h2-3,5-6,8-9,11,16H,4,7,10,12,19H2,1H3. The van der Waals surface area contributed by atoms with Gasteiger partial charge in [-0.15, -0.1) is 0 Å². The smallest absolute Gasteiger partial charge is 0.166 e. The number of methoxy groups -OCH3 is 1. The minimum absolute atomic E-state index is 0.0801. The number of hydrogen-bond acceptors (Lipinski definition) is 3. The lowest BCUT2D eigenvalue weighted by atomic mass is 9.89. The molecule has 0 saturated carbocycles. The SMILES string of the molecule is COc1cccc(CN)c1OC1CCCc2ccccc21. The van der Waals surface area contributed by atoms with Crippen LogP contribution in [0.2, 0.25) is 0 Å². The fourth-order valence-corrected chi connectivity index (χ4v) is 2.99. The van der Waals surface area contributed by atoms with Gasteiger partial charge in [-0.1, -0.05) is 36.4 Å². The summed E-state index contributed by atoms with van der Waals surface area (Å²) in [6.07, 6.45) is 3.39. The van der Waals surface area contributed by atoms with Crippen LogP contribution < -0.4 is 15.2 Å². The summed E-state index contributed by atoms with van der Waals surface area (Å²) in [5, 5.41) is 0. The number of ether oxygens (including phenoxy) is 2. The van der Waals surface area contributed by atoms with Crippen molar-refractivity contribution in [3.8, 4) is 11.5 Å². The first-order chi connectivity index (χ1) is 10.3. The molecule has 2 aromatic rings. The van der Waals surface area contributed by atoms with Gasteiger partial charge in [0.15, 0.2) is 11.5 Å². The predicted octanol–water partition coefficient (Wildman–Crippen LogP) is 3.61. The van der Waals surface area contributed by atoms with Gasteiger partial charge in [0, 0.05) is 12.1 Å². The molecule has 3 nitrogen and oxygen atoms in total. The van der Waals surface area contributed by atoms with E-state index < -0.39 is 0 Å². The van der Waals surface area contributed by atoms with Crippen LogP contribution >= 0.6 is 0 Å². The van der Waals surface area contributed by atoms with Gasteiger partial charge in [0.1, 0.15) is 6.10 Å². The first-order valence-corrected chi connectivity index (χ1v) is 7.44. The van der Waals surface area contributed by atoms with E-state index in [0.717, 1.165) is 36.3 Å². The van der Waals surface area contributed by atoms with E-state index in [-0.39, 0.29) is 6.10 Å². The highest BCUT2D eigenvalue weighted by Gasteiger charge is 2.23. The highest BCUT2D eigenvalue weighted by Crippen LogP contribution is 2.38. The lowest BCUT2D eigenvalue weighted by molar-refractivity contribution is 0.174. The third-order valence-electron chi connectivity index (χ3n) is 4.07. The van der Waals surface area contributed by atoms with Gasteiger partial charge in [-0.2, -0.15) is 0 Å². The van der Waals surface area contributed by atoms with Crippen molar-refractivity contribution in [2.45, 2.75) is 31.9 Å². The Bertz CT molecular complexity index is 602.